The molecule has 0 atom stereocenters. The molecule has 0 saturated carbocycles. The Hall–Kier alpha value is -1.26. The number of halogens is 1. The number of carbonyl (C=O) groups excluding carboxylic acids is 1. The highest BCUT2D eigenvalue weighted by molar-refractivity contribution is 5.95. The monoisotopic (exact) mass is 292 g/mol. The summed E-state index contributed by atoms with van der Waals surface area (Å²) < 4.78 is 12.8. The molecule has 0 aliphatic carbocycles. The fourth-order valence-electron chi connectivity index (χ4n) is 2.78. The lowest BCUT2D eigenvalue weighted by molar-refractivity contribution is 0.0393. The fraction of sp³-hybridized carbons (Fsp3) is 0.588. The average molecular weight is 292 g/mol. The van der Waals surface area contributed by atoms with E-state index in [2.05, 4.69) is 30.7 Å². The van der Waals surface area contributed by atoms with Crippen LogP contribution in [0.25, 0.3) is 0 Å². The Morgan fingerprint density at radius 1 is 1.24 bits per heavy atom. The molecule has 0 unspecified atom stereocenters. The van der Waals surface area contributed by atoms with Crippen LogP contribution in [-0.2, 0) is 0 Å². The van der Waals surface area contributed by atoms with E-state index in [1.165, 1.54) is 12.1 Å². The van der Waals surface area contributed by atoms with E-state index < -0.39 is 0 Å². The van der Waals surface area contributed by atoms with Crippen molar-refractivity contribution in [3.8, 4) is 0 Å². The maximum atomic E-state index is 12.8. The minimum absolute atomic E-state index is 0.100. The van der Waals surface area contributed by atoms with Gasteiger partial charge in [-0.25, -0.2) is 4.39 Å². The van der Waals surface area contributed by atoms with Gasteiger partial charge in [0.2, 0.25) is 0 Å². The predicted octanol–water partition coefficient (Wildman–Crippen LogP) is 2.81. The van der Waals surface area contributed by atoms with Gasteiger partial charge in [-0.3, -0.25) is 9.69 Å². The number of nitrogens with zero attached hydrogens (tertiary/aromatic N) is 2. The summed E-state index contributed by atoms with van der Waals surface area (Å²) in [7, 11) is 2.16. The highest BCUT2D eigenvalue weighted by Gasteiger charge is 2.30. The SMILES string of the molecule is CN1CCN(CCCC(=O)c2ccc(F)cc2)CC1(C)C. The van der Waals surface area contributed by atoms with Gasteiger partial charge in [0, 0.05) is 37.2 Å². The summed E-state index contributed by atoms with van der Waals surface area (Å²) in [6.07, 6.45) is 1.38. The van der Waals surface area contributed by atoms with E-state index in [0.717, 1.165) is 32.6 Å². The molecule has 1 aliphatic heterocycles. The van der Waals surface area contributed by atoms with E-state index in [4.69, 9.17) is 0 Å². The molecule has 1 saturated heterocycles. The van der Waals surface area contributed by atoms with Crippen molar-refractivity contribution in [1.82, 2.24) is 9.80 Å². The molecule has 116 valence electrons. The molecule has 0 bridgehead atoms. The van der Waals surface area contributed by atoms with Gasteiger partial charge in [-0.1, -0.05) is 0 Å². The number of ketones is 1. The maximum absolute atomic E-state index is 12.8. The number of hydrogen-bond donors (Lipinski definition) is 0. The maximum Gasteiger partial charge on any atom is 0.162 e. The number of piperazine rings is 1. The van der Waals surface area contributed by atoms with Crippen LogP contribution in [0.15, 0.2) is 24.3 Å². The Balaban J connectivity index is 1.77. The van der Waals surface area contributed by atoms with Gasteiger partial charge >= 0.3 is 0 Å². The van der Waals surface area contributed by atoms with Gasteiger partial charge in [0.05, 0.1) is 0 Å². The quantitative estimate of drug-likeness (QED) is 0.780. The van der Waals surface area contributed by atoms with Crippen LogP contribution in [-0.4, -0.2) is 54.3 Å². The van der Waals surface area contributed by atoms with Crippen molar-refractivity contribution in [2.75, 3.05) is 33.2 Å². The highest BCUT2D eigenvalue weighted by Crippen LogP contribution is 2.19. The van der Waals surface area contributed by atoms with Crippen molar-refractivity contribution < 1.29 is 9.18 Å². The molecule has 0 radical (unpaired) electrons. The van der Waals surface area contributed by atoms with Crippen molar-refractivity contribution >= 4 is 5.78 Å². The van der Waals surface area contributed by atoms with Crippen LogP contribution < -0.4 is 0 Å². The second kappa shape index (κ2) is 6.67. The van der Waals surface area contributed by atoms with Crippen molar-refractivity contribution in [1.29, 1.82) is 0 Å². The highest BCUT2D eigenvalue weighted by atomic mass is 19.1. The first-order valence-electron chi connectivity index (χ1n) is 7.61. The molecule has 1 aromatic rings. The number of carbonyl (C=O) groups is 1. The largest absolute Gasteiger partial charge is 0.300 e. The van der Waals surface area contributed by atoms with Gasteiger partial charge in [0.15, 0.2) is 5.78 Å². The Morgan fingerprint density at radius 3 is 2.52 bits per heavy atom. The molecule has 0 aromatic heterocycles. The lowest BCUT2D eigenvalue weighted by atomic mass is 9.99. The van der Waals surface area contributed by atoms with Crippen LogP contribution in [0.4, 0.5) is 4.39 Å². The standard InChI is InChI=1S/C17H25FN2O/c1-17(2)13-20(12-11-19(17)3)10-4-5-16(21)14-6-8-15(18)9-7-14/h6-9H,4-5,10-13H2,1-3H3. The third-order valence-electron chi connectivity index (χ3n) is 4.44. The van der Waals surface area contributed by atoms with Gasteiger partial charge in [0.1, 0.15) is 5.82 Å². The first-order chi connectivity index (χ1) is 9.88. The van der Waals surface area contributed by atoms with Crippen LogP contribution in [0, 0.1) is 5.82 Å². The lowest BCUT2D eigenvalue weighted by Gasteiger charge is -2.45. The van der Waals surface area contributed by atoms with Crippen LogP contribution in [0.5, 0.6) is 0 Å². The Kier molecular flexibility index (Phi) is 5.12. The second-order valence-corrected chi connectivity index (χ2v) is 6.54. The summed E-state index contributed by atoms with van der Waals surface area (Å²) in [5.41, 5.74) is 0.800. The third kappa shape index (κ3) is 4.35. The molecule has 0 spiro atoms. The molecule has 1 heterocycles. The second-order valence-electron chi connectivity index (χ2n) is 6.54. The van der Waals surface area contributed by atoms with E-state index in [-0.39, 0.29) is 17.1 Å². The summed E-state index contributed by atoms with van der Waals surface area (Å²) in [6.45, 7) is 8.62. The zero-order valence-electron chi connectivity index (χ0n) is 13.2. The zero-order valence-corrected chi connectivity index (χ0v) is 13.2. The van der Waals surface area contributed by atoms with Gasteiger partial charge in [-0.05, 0) is 58.1 Å². The summed E-state index contributed by atoms with van der Waals surface area (Å²) >= 11 is 0. The van der Waals surface area contributed by atoms with Crippen LogP contribution in [0.3, 0.4) is 0 Å². The topological polar surface area (TPSA) is 23.6 Å². The minimum Gasteiger partial charge on any atom is -0.300 e. The van der Waals surface area contributed by atoms with Crippen LogP contribution >= 0.6 is 0 Å². The number of Topliss-reactive ketones (excluding diaryl/α,β-unsaturated/α-hetero) is 1. The van der Waals surface area contributed by atoms with Gasteiger partial charge in [-0.2, -0.15) is 0 Å². The summed E-state index contributed by atoms with van der Waals surface area (Å²) in [5.74, 6) is -0.199. The van der Waals surface area contributed by atoms with Gasteiger partial charge < -0.3 is 4.90 Å². The Bertz CT molecular complexity index is 484. The molecule has 1 aliphatic rings. The van der Waals surface area contributed by atoms with Crippen LogP contribution in [0.1, 0.15) is 37.0 Å². The lowest BCUT2D eigenvalue weighted by Crippen LogP contribution is -2.57. The Morgan fingerprint density at radius 2 is 1.90 bits per heavy atom. The van der Waals surface area contributed by atoms with E-state index in [9.17, 15) is 9.18 Å². The average Bonchev–Trinajstić information content (AvgIpc) is 2.43. The fourth-order valence-corrected chi connectivity index (χ4v) is 2.78. The molecule has 3 nitrogen and oxygen atoms in total. The molecule has 0 amide bonds. The number of rotatable bonds is 5. The third-order valence-corrected chi connectivity index (χ3v) is 4.44. The molecular weight excluding hydrogens is 267 g/mol. The van der Waals surface area contributed by atoms with Gasteiger partial charge in [-0.15, -0.1) is 0 Å². The Labute approximate surface area is 126 Å². The molecular formula is C17H25FN2O. The van der Waals surface area contributed by atoms with E-state index in [1.807, 2.05) is 0 Å². The van der Waals surface area contributed by atoms with Crippen molar-refractivity contribution in [3.05, 3.63) is 35.6 Å². The summed E-state index contributed by atoms with van der Waals surface area (Å²) in [4.78, 5) is 16.8. The number of hydrogen-bond acceptors (Lipinski definition) is 3. The molecule has 1 aromatic carbocycles. The van der Waals surface area contributed by atoms with E-state index in [1.54, 1.807) is 12.1 Å². The molecule has 2 rings (SSSR count). The van der Waals surface area contributed by atoms with Crippen molar-refractivity contribution in [2.45, 2.75) is 32.2 Å². The van der Waals surface area contributed by atoms with E-state index in [0.29, 0.717) is 12.0 Å². The minimum atomic E-state index is -0.300. The first kappa shape index (κ1) is 16.1. The number of benzene rings is 1. The smallest absolute Gasteiger partial charge is 0.162 e. The molecule has 0 N–H and O–H groups in total. The molecule has 4 heteroatoms. The van der Waals surface area contributed by atoms with Crippen LogP contribution in [0.2, 0.25) is 0 Å². The summed E-state index contributed by atoms with van der Waals surface area (Å²) in [5, 5.41) is 0. The molecule has 1 fully saturated rings. The number of likely N-dealkylation sites (N-methyl/N-ethyl adjacent to an activating group) is 1. The van der Waals surface area contributed by atoms with Crippen molar-refractivity contribution in [3.63, 3.8) is 0 Å². The van der Waals surface area contributed by atoms with Gasteiger partial charge in [0.25, 0.3) is 0 Å². The zero-order chi connectivity index (χ0) is 15.5. The van der Waals surface area contributed by atoms with Crippen molar-refractivity contribution in [2.24, 2.45) is 0 Å². The summed E-state index contributed by atoms with van der Waals surface area (Å²) in [6, 6.07) is 5.82. The predicted molar refractivity (Wildman–Crippen MR) is 83.1 cm³/mol. The first-order valence-corrected chi connectivity index (χ1v) is 7.61. The van der Waals surface area contributed by atoms with E-state index >= 15 is 0 Å². The normalized spacial score (nSPS) is 19.6. The molecule has 21 heavy (non-hydrogen) atoms.